The number of nitrogens with zero attached hydrogens (tertiary/aromatic N) is 1. The zero-order chi connectivity index (χ0) is 11.3. The number of carbonyl (C=O) groups is 1. The SMILES string of the molecule is CCN(CC(=O)OC)Cc1csc(Br)c1. The van der Waals surface area contributed by atoms with Crippen molar-refractivity contribution >= 4 is 33.2 Å². The average Bonchev–Trinajstić information content (AvgIpc) is 2.62. The third-order valence-corrected chi connectivity index (χ3v) is 3.61. The Bertz CT molecular complexity index is 327. The fourth-order valence-electron chi connectivity index (χ4n) is 1.21. The summed E-state index contributed by atoms with van der Waals surface area (Å²) in [5.41, 5.74) is 1.22. The maximum absolute atomic E-state index is 11.1. The summed E-state index contributed by atoms with van der Waals surface area (Å²) in [6.45, 7) is 4.00. The highest BCUT2D eigenvalue weighted by Gasteiger charge is 2.10. The number of ether oxygens (including phenoxy) is 1. The number of carbonyl (C=O) groups excluding carboxylic acids is 1. The van der Waals surface area contributed by atoms with Gasteiger partial charge >= 0.3 is 5.97 Å². The van der Waals surface area contributed by atoms with Crippen LogP contribution in [0.2, 0.25) is 0 Å². The second kappa shape index (κ2) is 6.25. The van der Waals surface area contributed by atoms with E-state index in [2.05, 4.69) is 32.1 Å². The Hall–Kier alpha value is -0.390. The van der Waals surface area contributed by atoms with E-state index in [1.54, 1.807) is 11.3 Å². The molecule has 0 aliphatic rings. The topological polar surface area (TPSA) is 29.5 Å². The van der Waals surface area contributed by atoms with Crippen molar-refractivity contribution in [3.63, 3.8) is 0 Å². The molecule has 0 unspecified atom stereocenters. The van der Waals surface area contributed by atoms with Gasteiger partial charge in [-0.2, -0.15) is 0 Å². The standard InChI is InChI=1S/C10H14BrNO2S/c1-3-12(6-10(13)14-2)5-8-4-9(11)15-7-8/h4,7H,3,5-6H2,1-2H3. The Labute approximate surface area is 102 Å². The van der Waals surface area contributed by atoms with Crippen molar-refractivity contribution in [1.82, 2.24) is 4.90 Å². The molecule has 0 aromatic carbocycles. The lowest BCUT2D eigenvalue weighted by Gasteiger charge is -2.17. The van der Waals surface area contributed by atoms with E-state index in [0.29, 0.717) is 6.54 Å². The molecule has 0 radical (unpaired) electrons. The summed E-state index contributed by atoms with van der Waals surface area (Å²) in [6, 6.07) is 2.07. The maximum atomic E-state index is 11.1. The van der Waals surface area contributed by atoms with Crippen molar-refractivity contribution in [3.8, 4) is 0 Å². The van der Waals surface area contributed by atoms with E-state index in [4.69, 9.17) is 0 Å². The van der Waals surface area contributed by atoms with Gasteiger partial charge in [0.25, 0.3) is 0 Å². The molecule has 84 valence electrons. The molecule has 1 aromatic rings. The van der Waals surface area contributed by atoms with Gasteiger partial charge in [-0.1, -0.05) is 6.92 Å². The molecule has 1 rings (SSSR count). The lowest BCUT2D eigenvalue weighted by atomic mass is 10.3. The molecule has 3 nitrogen and oxygen atoms in total. The molecule has 1 heterocycles. The number of methoxy groups -OCH3 is 1. The Balaban J connectivity index is 2.50. The van der Waals surface area contributed by atoms with Crippen LogP contribution in [0.25, 0.3) is 0 Å². The van der Waals surface area contributed by atoms with Crippen molar-refractivity contribution in [3.05, 3.63) is 20.8 Å². The maximum Gasteiger partial charge on any atom is 0.319 e. The molecule has 0 atom stereocenters. The average molecular weight is 292 g/mol. The van der Waals surface area contributed by atoms with Crippen LogP contribution in [0.5, 0.6) is 0 Å². The number of halogens is 1. The molecule has 0 aliphatic carbocycles. The summed E-state index contributed by atoms with van der Waals surface area (Å²) in [5.74, 6) is -0.189. The molecule has 5 heteroatoms. The van der Waals surface area contributed by atoms with Crippen molar-refractivity contribution < 1.29 is 9.53 Å². The van der Waals surface area contributed by atoms with E-state index in [-0.39, 0.29) is 5.97 Å². The highest BCUT2D eigenvalue weighted by molar-refractivity contribution is 9.11. The normalized spacial score (nSPS) is 10.7. The van der Waals surface area contributed by atoms with Crippen molar-refractivity contribution in [2.45, 2.75) is 13.5 Å². The van der Waals surface area contributed by atoms with E-state index in [0.717, 1.165) is 16.9 Å². The lowest BCUT2D eigenvalue weighted by molar-refractivity contribution is -0.142. The second-order valence-corrected chi connectivity index (χ2v) is 5.43. The van der Waals surface area contributed by atoms with E-state index in [1.807, 2.05) is 11.8 Å². The van der Waals surface area contributed by atoms with Crippen LogP contribution in [-0.4, -0.2) is 31.1 Å². The first kappa shape index (κ1) is 12.7. The first-order valence-corrected chi connectivity index (χ1v) is 6.35. The van der Waals surface area contributed by atoms with Crippen molar-refractivity contribution in [1.29, 1.82) is 0 Å². The van der Waals surface area contributed by atoms with Gasteiger partial charge < -0.3 is 4.74 Å². The number of hydrogen-bond donors (Lipinski definition) is 0. The number of hydrogen-bond acceptors (Lipinski definition) is 4. The molecule has 0 spiro atoms. The summed E-state index contributed by atoms with van der Waals surface area (Å²) >= 11 is 5.07. The zero-order valence-corrected chi connectivity index (χ0v) is 11.2. The van der Waals surface area contributed by atoms with Crippen LogP contribution in [0, 0.1) is 0 Å². The molecule has 15 heavy (non-hydrogen) atoms. The molecule has 0 bridgehead atoms. The molecule has 0 N–H and O–H groups in total. The Morgan fingerprint density at radius 2 is 2.40 bits per heavy atom. The Morgan fingerprint density at radius 1 is 1.67 bits per heavy atom. The van der Waals surface area contributed by atoms with Crippen LogP contribution in [-0.2, 0) is 16.1 Å². The van der Waals surface area contributed by atoms with E-state index >= 15 is 0 Å². The van der Waals surface area contributed by atoms with Crippen LogP contribution >= 0.6 is 27.3 Å². The second-order valence-electron chi connectivity index (χ2n) is 3.14. The van der Waals surface area contributed by atoms with Gasteiger partial charge in [-0.3, -0.25) is 9.69 Å². The van der Waals surface area contributed by atoms with Crippen LogP contribution in [0.4, 0.5) is 0 Å². The molecule has 0 saturated heterocycles. The van der Waals surface area contributed by atoms with E-state index in [9.17, 15) is 4.79 Å². The third kappa shape index (κ3) is 4.32. The molecule has 0 amide bonds. The third-order valence-electron chi connectivity index (χ3n) is 2.06. The Morgan fingerprint density at radius 3 is 2.87 bits per heavy atom. The van der Waals surface area contributed by atoms with Crippen molar-refractivity contribution in [2.24, 2.45) is 0 Å². The summed E-state index contributed by atoms with van der Waals surface area (Å²) in [7, 11) is 1.41. The minimum absolute atomic E-state index is 0.189. The highest BCUT2D eigenvalue weighted by atomic mass is 79.9. The van der Waals surface area contributed by atoms with Gasteiger partial charge in [-0.25, -0.2) is 0 Å². The zero-order valence-electron chi connectivity index (χ0n) is 8.83. The quantitative estimate of drug-likeness (QED) is 0.781. The van der Waals surface area contributed by atoms with Gasteiger partial charge in [0.2, 0.25) is 0 Å². The number of likely N-dealkylation sites (N-methyl/N-ethyl adjacent to an activating group) is 1. The smallest absolute Gasteiger partial charge is 0.319 e. The summed E-state index contributed by atoms with van der Waals surface area (Å²) in [5, 5.41) is 2.09. The van der Waals surface area contributed by atoms with Gasteiger partial charge in [-0.05, 0) is 39.5 Å². The van der Waals surface area contributed by atoms with Gasteiger partial charge in [0.1, 0.15) is 0 Å². The van der Waals surface area contributed by atoms with Crippen LogP contribution in [0.1, 0.15) is 12.5 Å². The minimum atomic E-state index is -0.189. The lowest BCUT2D eigenvalue weighted by Crippen LogP contribution is -2.29. The first-order valence-electron chi connectivity index (χ1n) is 4.67. The largest absolute Gasteiger partial charge is 0.468 e. The number of rotatable bonds is 5. The molecule has 0 aliphatic heterocycles. The van der Waals surface area contributed by atoms with Gasteiger partial charge in [0.05, 0.1) is 17.4 Å². The van der Waals surface area contributed by atoms with Gasteiger partial charge in [-0.15, -0.1) is 11.3 Å². The monoisotopic (exact) mass is 291 g/mol. The summed E-state index contributed by atoms with van der Waals surface area (Å²) in [6.07, 6.45) is 0. The number of thiophene rings is 1. The van der Waals surface area contributed by atoms with Crippen LogP contribution in [0.3, 0.4) is 0 Å². The summed E-state index contributed by atoms with van der Waals surface area (Å²) in [4.78, 5) is 13.1. The first-order chi connectivity index (χ1) is 7.15. The predicted octanol–water partition coefficient (Wildman–Crippen LogP) is 2.51. The Kier molecular flexibility index (Phi) is 5.28. The molecular weight excluding hydrogens is 278 g/mol. The van der Waals surface area contributed by atoms with E-state index < -0.39 is 0 Å². The molecular formula is C10H14BrNO2S. The van der Waals surface area contributed by atoms with Gasteiger partial charge in [0, 0.05) is 6.54 Å². The molecule has 0 fully saturated rings. The predicted molar refractivity (Wildman–Crippen MR) is 65.0 cm³/mol. The summed E-state index contributed by atoms with van der Waals surface area (Å²) < 4.78 is 5.76. The number of esters is 1. The van der Waals surface area contributed by atoms with E-state index in [1.165, 1.54) is 12.7 Å². The molecule has 1 aromatic heterocycles. The van der Waals surface area contributed by atoms with Gasteiger partial charge in [0.15, 0.2) is 0 Å². The fraction of sp³-hybridized carbons (Fsp3) is 0.500. The van der Waals surface area contributed by atoms with Crippen LogP contribution < -0.4 is 0 Å². The molecule has 0 saturated carbocycles. The minimum Gasteiger partial charge on any atom is -0.468 e. The van der Waals surface area contributed by atoms with Crippen LogP contribution in [0.15, 0.2) is 15.2 Å². The highest BCUT2D eigenvalue weighted by Crippen LogP contribution is 2.21. The van der Waals surface area contributed by atoms with Crippen molar-refractivity contribution in [2.75, 3.05) is 20.2 Å². The fourth-order valence-corrected chi connectivity index (χ4v) is 2.41.